The fourth-order valence-electron chi connectivity index (χ4n) is 7.68. The molecule has 6 aromatic carbocycles. The van der Waals surface area contributed by atoms with Gasteiger partial charge in [0.05, 0.1) is 0 Å². The van der Waals surface area contributed by atoms with Gasteiger partial charge < -0.3 is 0 Å². The van der Waals surface area contributed by atoms with E-state index in [1.807, 2.05) is 13.8 Å². The highest BCUT2D eigenvalue weighted by atomic mass is 14.3. The third kappa shape index (κ3) is 21.7. The van der Waals surface area contributed by atoms with Gasteiger partial charge in [0, 0.05) is 5.92 Å². The first-order valence-electron chi connectivity index (χ1n) is 17.7. The third-order valence-electron chi connectivity index (χ3n) is 10.0. The van der Waals surface area contributed by atoms with Gasteiger partial charge in [-0.2, -0.15) is 0 Å². The van der Waals surface area contributed by atoms with E-state index in [-0.39, 0.29) is 149 Å². The van der Waals surface area contributed by atoms with E-state index in [4.69, 9.17) is 0 Å². The van der Waals surface area contributed by atoms with Crippen molar-refractivity contribution in [2.75, 3.05) is 0 Å². The van der Waals surface area contributed by atoms with Crippen molar-refractivity contribution >= 4 is 0 Å². The number of fused-ring (bicyclic) bond motifs is 9. The van der Waals surface area contributed by atoms with Gasteiger partial charge in [-0.25, -0.2) is 0 Å². The van der Waals surface area contributed by atoms with Crippen LogP contribution in [0.3, 0.4) is 0 Å². The van der Waals surface area contributed by atoms with Crippen molar-refractivity contribution in [1.29, 1.82) is 0 Å². The molecule has 0 saturated heterocycles. The summed E-state index contributed by atoms with van der Waals surface area (Å²) in [5.41, 5.74) is 25.6. The van der Waals surface area contributed by atoms with Gasteiger partial charge in [-0.1, -0.05) is 312 Å². The molecular formula is C68H130. The van der Waals surface area contributed by atoms with Crippen molar-refractivity contribution in [1.82, 2.24) is 0 Å². The second kappa shape index (κ2) is 44.8. The van der Waals surface area contributed by atoms with Crippen molar-refractivity contribution in [3.63, 3.8) is 0 Å². The lowest BCUT2D eigenvalue weighted by Gasteiger charge is -2.07. The van der Waals surface area contributed by atoms with Crippen LogP contribution in [0.2, 0.25) is 0 Å². The van der Waals surface area contributed by atoms with E-state index in [2.05, 4.69) is 158 Å². The minimum atomic E-state index is 0. The van der Waals surface area contributed by atoms with E-state index in [1.165, 1.54) is 100 Å². The van der Waals surface area contributed by atoms with Crippen LogP contribution in [0.5, 0.6) is 0 Å². The van der Waals surface area contributed by atoms with Gasteiger partial charge in [-0.15, -0.1) is 0 Å². The van der Waals surface area contributed by atoms with Crippen molar-refractivity contribution in [2.45, 2.75) is 230 Å². The molecule has 3 aliphatic rings. The Kier molecular flexibility index (Phi) is 69.4. The minimum absolute atomic E-state index is 0. The van der Waals surface area contributed by atoms with E-state index in [1.54, 1.807) is 0 Å². The Morgan fingerprint density at radius 3 is 0.603 bits per heavy atom. The number of hydrogen-bond acceptors (Lipinski definition) is 0. The molecule has 0 unspecified atom stereocenters. The van der Waals surface area contributed by atoms with Gasteiger partial charge in [0.25, 0.3) is 0 Å². The second-order valence-corrected chi connectivity index (χ2v) is 13.9. The van der Waals surface area contributed by atoms with Crippen LogP contribution < -0.4 is 0 Å². The molecule has 0 aromatic heterocycles. The molecule has 0 aliphatic heterocycles. The molecule has 0 spiro atoms. The predicted molar refractivity (Wildman–Crippen MR) is 343 cm³/mol. The first-order chi connectivity index (χ1) is 23.1. The van der Waals surface area contributed by atoms with Crippen LogP contribution in [-0.4, -0.2) is 0 Å². The molecule has 0 radical (unpaired) electrons. The van der Waals surface area contributed by atoms with Gasteiger partial charge in [0.1, 0.15) is 0 Å². The number of benzene rings is 6. The monoisotopic (exact) mass is 947 g/mol. The summed E-state index contributed by atoms with van der Waals surface area (Å²) in [6, 6.07) is 40.7. The standard InChI is InChI=1S/C16H16.2C15H14.C2H6.20CH4/c1-10-4-6-13-14-7-5-11(2)9-16(14)12(3)15(13)8-10;2*1-10-3-5-14-12(7-10)9-13-8-11(2)4-6-15(13)14;1-2;;;;;;;;;;;;;;;;;;;;/h4-9,12H,1-3H3;2*3-8H,9H2,1-2H3;1-2H3;20*1H4. The van der Waals surface area contributed by atoms with E-state index in [0.29, 0.717) is 5.92 Å². The number of rotatable bonds is 0. The fraction of sp³-hybridized carbons (Fsp3) is 0.471. The molecule has 0 N–H and O–H groups in total. The third-order valence-corrected chi connectivity index (χ3v) is 10.0. The Morgan fingerprint density at radius 2 is 0.412 bits per heavy atom. The van der Waals surface area contributed by atoms with Crippen LogP contribution in [0.4, 0.5) is 0 Å². The zero-order valence-electron chi connectivity index (χ0n) is 30.4. The van der Waals surface area contributed by atoms with Crippen LogP contribution >= 0.6 is 0 Å². The Labute approximate surface area is 437 Å². The van der Waals surface area contributed by atoms with E-state index < -0.39 is 0 Å². The maximum Gasteiger partial charge on any atom is 0.00735 e. The lowest BCUT2D eigenvalue weighted by atomic mass is 9.97. The summed E-state index contributed by atoms with van der Waals surface area (Å²) in [5, 5.41) is 0. The molecule has 0 fully saturated rings. The maximum absolute atomic E-state index is 2.33. The van der Waals surface area contributed by atoms with E-state index in [0.717, 1.165) is 12.8 Å². The topological polar surface area (TPSA) is 0 Å². The molecule has 0 saturated carbocycles. The molecule has 402 valence electrons. The average molecular weight is 948 g/mol. The molecule has 6 aromatic rings. The lowest BCUT2D eigenvalue weighted by molar-refractivity contribution is 0.952. The normalized spacial score (nSPS) is 8.78. The van der Waals surface area contributed by atoms with Crippen molar-refractivity contribution < 1.29 is 0 Å². The molecule has 0 nitrogen and oxygen atoms in total. The summed E-state index contributed by atoms with van der Waals surface area (Å²) >= 11 is 0. The molecule has 9 rings (SSSR count). The van der Waals surface area contributed by atoms with Gasteiger partial charge in [-0.3, -0.25) is 0 Å². The average Bonchev–Trinajstić information content (AvgIpc) is 3.70. The maximum atomic E-state index is 2.33. The molecule has 0 heterocycles. The highest BCUT2D eigenvalue weighted by molar-refractivity contribution is 5.80. The highest BCUT2D eigenvalue weighted by Gasteiger charge is 2.25. The summed E-state index contributed by atoms with van der Waals surface area (Å²) in [6.07, 6.45) is 2.21. The van der Waals surface area contributed by atoms with Crippen LogP contribution in [0.15, 0.2) is 109 Å². The van der Waals surface area contributed by atoms with Gasteiger partial charge >= 0.3 is 0 Å². The first kappa shape index (κ1) is 105. The van der Waals surface area contributed by atoms with Gasteiger partial charge in [-0.05, 0) is 121 Å². The quantitative estimate of drug-likeness (QED) is 0.142. The second-order valence-electron chi connectivity index (χ2n) is 13.9. The molecule has 3 aliphatic carbocycles. The van der Waals surface area contributed by atoms with Crippen molar-refractivity contribution in [2.24, 2.45) is 0 Å². The van der Waals surface area contributed by atoms with Crippen molar-refractivity contribution in [3.05, 3.63) is 176 Å². The van der Waals surface area contributed by atoms with Crippen LogP contribution in [0.1, 0.15) is 242 Å². The van der Waals surface area contributed by atoms with E-state index >= 15 is 0 Å². The summed E-state index contributed by atoms with van der Waals surface area (Å²) in [4.78, 5) is 0. The molecular weight excluding hydrogens is 817 g/mol. The molecule has 0 heteroatoms. The van der Waals surface area contributed by atoms with E-state index in [9.17, 15) is 0 Å². The first-order valence-corrected chi connectivity index (χ1v) is 17.7. The summed E-state index contributed by atoms with van der Waals surface area (Å²) in [5.74, 6) is 0.546. The molecule has 0 amide bonds. The summed E-state index contributed by atoms with van der Waals surface area (Å²) < 4.78 is 0. The summed E-state index contributed by atoms with van der Waals surface area (Å²) in [7, 11) is 0. The predicted octanol–water partition coefficient (Wildman–Crippen LogP) is 25.9. The Morgan fingerprint density at radius 1 is 0.250 bits per heavy atom. The largest absolute Gasteiger partial charge is 0.0776 e. The van der Waals surface area contributed by atoms with Gasteiger partial charge in [0.2, 0.25) is 0 Å². The smallest absolute Gasteiger partial charge is 0.00735 e. The Bertz CT molecular complexity index is 1870. The number of aryl methyl sites for hydroxylation is 6. The van der Waals surface area contributed by atoms with Crippen LogP contribution in [0, 0.1) is 41.5 Å². The minimum Gasteiger partial charge on any atom is -0.0776 e. The van der Waals surface area contributed by atoms with Crippen LogP contribution in [-0.2, 0) is 12.8 Å². The Balaban J connectivity index is -0.0000000409. The van der Waals surface area contributed by atoms with Crippen molar-refractivity contribution in [3.8, 4) is 33.4 Å². The molecule has 0 bridgehead atoms. The zero-order valence-corrected chi connectivity index (χ0v) is 30.4. The summed E-state index contributed by atoms with van der Waals surface area (Å²) in [6.45, 7) is 19.3. The SMILES string of the molecule is C.C.C.C.C.C.C.C.C.C.C.C.C.C.C.C.C.C.C.C.CC.Cc1ccc2c(c1)C(C)c1cc(C)ccc1-2.Cc1ccc2c(c1)Cc1cc(C)ccc1-2.Cc1ccc2c(c1)Cc1cc(C)ccc1-2. The fourth-order valence-corrected chi connectivity index (χ4v) is 7.68. The van der Waals surface area contributed by atoms with Crippen LogP contribution in [0.25, 0.3) is 33.4 Å². The zero-order chi connectivity index (χ0) is 34.1. The lowest BCUT2D eigenvalue weighted by Crippen LogP contribution is -1.90. The molecule has 68 heavy (non-hydrogen) atoms. The number of hydrogen-bond donors (Lipinski definition) is 0. The Hall–Kier alpha value is -4.68. The highest BCUT2D eigenvalue weighted by Crippen LogP contribution is 2.45. The molecule has 0 atom stereocenters. The van der Waals surface area contributed by atoms with Gasteiger partial charge in [0.15, 0.2) is 0 Å².